The lowest BCUT2D eigenvalue weighted by Gasteiger charge is -2.36. The zero-order chi connectivity index (χ0) is 13.7. The molecule has 1 amide bonds. The summed E-state index contributed by atoms with van der Waals surface area (Å²) in [6, 6.07) is 0.241. The van der Waals surface area contributed by atoms with E-state index in [1.807, 2.05) is 11.8 Å². The van der Waals surface area contributed by atoms with Crippen molar-refractivity contribution >= 4 is 5.91 Å². The van der Waals surface area contributed by atoms with Gasteiger partial charge in [0.05, 0.1) is 12.2 Å². The quantitative estimate of drug-likeness (QED) is 0.831. The summed E-state index contributed by atoms with van der Waals surface area (Å²) in [7, 11) is 0. The predicted octanol–water partition coefficient (Wildman–Crippen LogP) is 2.10. The number of piperidine rings is 1. The summed E-state index contributed by atoms with van der Waals surface area (Å²) < 4.78 is 5.57. The van der Waals surface area contributed by atoms with Gasteiger partial charge in [0, 0.05) is 25.6 Å². The smallest absolute Gasteiger partial charge is 0.222 e. The van der Waals surface area contributed by atoms with Gasteiger partial charge in [0.15, 0.2) is 0 Å². The van der Waals surface area contributed by atoms with Crippen LogP contribution in [-0.2, 0) is 9.53 Å². The molecule has 0 aromatic heterocycles. The molecule has 2 fully saturated rings. The van der Waals surface area contributed by atoms with Gasteiger partial charge in [-0.1, -0.05) is 0 Å². The Bertz CT molecular complexity index is 287. The molecule has 3 atom stereocenters. The molecule has 4 nitrogen and oxygen atoms in total. The molecule has 19 heavy (non-hydrogen) atoms. The number of ether oxygens (including phenoxy) is 1. The van der Waals surface area contributed by atoms with Crippen LogP contribution >= 0.6 is 0 Å². The Kier molecular flexibility index (Phi) is 5.64. The summed E-state index contributed by atoms with van der Waals surface area (Å²) in [5.74, 6) is 0.251. The zero-order valence-electron chi connectivity index (χ0n) is 12.0. The fraction of sp³-hybridized carbons (Fsp3) is 0.933. The maximum atomic E-state index is 12.3. The number of aliphatic hydroxyl groups is 1. The Labute approximate surface area is 116 Å². The number of amides is 1. The minimum absolute atomic E-state index is 0.241. The Morgan fingerprint density at radius 2 is 2.21 bits per heavy atom. The Morgan fingerprint density at radius 3 is 2.89 bits per heavy atom. The van der Waals surface area contributed by atoms with Crippen LogP contribution in [0.25, 0.3) is 0 Å². The molecule has 2 aliphatic rings. The summed E-state index contributed by atoms with van der Waals surface area (Å²) in [6.45, 7) is 3.53. The van der Waals surface area contributed by atoms with Crippen molar-refractivity contribution in [3.63, 3.8) is 0 Å². The molecule has 0 spiro atoms. The van der Waals surface area contributed by atoms with Crippen LogP contribution < -0.4 is 0 Å². The summed E-state index contributed by atoms with van der Waals surface area (Å²) in [4.78, 5) is 14.3. The number of aliphatic hydroxyl groups excluding tert-OH is 1. The number of likely N-dealkylation sites (tertiary alicyclic amines) is 1. The maximum Gasteiger partial charge on any atom is 0.222 e. The van der Waals surface area contributed by atoms with Gasteiger partial charge in [0.25, 0.3) is 0 Å². The van der Waals surface area contributed by atoms with Gasteiger partial charge >= 0.3 is 0 Å². The van der Waals surface area contributed by atoms with Crippen molar-refractivity contribution in [3.05, 3.63) is 0 Å². The molecule has 3 unspecified atom stereocenters. The number of nitrogens with zero attached hydrogens (tertiary/aromatic N) is 1. The van der Waals surface area contributed by atoms with Crippen molar-refractivity contribution in [3.8, 4) is 0 Å². The van der Waals surface area contributed by atoms with Gasteiger partial charge in [0.1, 0.15) is 0 Å². The molecular formula is C15H27NO3. The maximum absolute atomic E-state index is 12.3. The summed E-state index contributed by atoms with van der Waals surface area (Å²) >= 11 is 0. The van der Waals surface area contributed by atoms with Gasteiger partial charge in [-0.15, -0.1) is 0 Å². The van der Waals surface area contributed by atoms with Crippen molar-refractivity contribution < 1.29 is 14.6 Å². The van der Waals surface area contributed by atoms with Crippen LogP contribution in [0.5, 0.6) is 0 Å². The first-order chi connectivity index (χ1) is 9.16. The van der Waals surface area contributed by atoms with Gasteiger partial charge in [-0.05, 0) is 51.9 Å². The van der Waals surface area contributed by atoms with Gasteiger partial charge in [-0.3, -0.25) is 4.79 Å². The van der Waals surface area contributed by atoms with E-state index in [9.17, 15) is 9.90 Å². The van der Waals surface area contributed by atoms with Crippen molar-refractivity contribution in [2.75, 3.05) is 13.2 Å². The Hall–Kier alpha value is -0.610. The normalized spacial score (nSPS) is 29.5. The second kappa shape index (κ2) is 7.25. The van der Waals surface area contributed by atoms with Crippen LogP contribution in [0.4, 0.5) is 0 Å². The van der Waals surface area contributed by atoms with Crippen LogP contribution in [0.3, 0.4) is 0 Å². The molecule has 4 heteroatoms. The molecule has 1 N–H and O–H groups in total. The topological polar surface area (TPSA) is 49.8 Å². The van der Waals surface area contributed by atoms with Crippen LogP contribution in [0.1, 0.15) is 58.3 Å². The molecule has 2 heterocycles. The van der Waals surface area contributed by atoms with Gasteiger partial charge in [-0.25, -0.2) is 0 Å². The highest BCUT2D eigenvalue weighted by Crippen LogP contribution is 2.23. The molecule has 0 radical (unpaired) electrons. The second-order valence-corrected chi connectivity index (χ2v) is 6.00. The van der Waals surface area contributed by atoms with Gasteiger partial charge < -0.3 is 14.7 Å². The lowest BCUT2D eigenvalue weighted by atomic mass is 9.96. The van der Waals surface area contributed by atoms with E-state index in [0.717, 1.165) is 45.3 Å². The summed E-state index contributed by atoms with van der Waals surface area (Å²) in [5.41, 5.74) is 0. The fourth-order valence-corrected chi connectivity index (χ4v) is 3.27. The Morgan fingerprint density at radius 1 is 1.37 bits per heavy atom. The van der Waals surface area contributed by atoms with E-state index in [1.54, 1.807) is 0 Å². The van der Waals surface area contributed by atoms with Gasteiger partial charge in [-0.2, -0.15) is 0 Å². The van der Waals surface area contributed by atoms with E-state index in [0.29, 0.717) is 18.9 Å². The van der Waals surface area contributed by atoms with Crippen LogP contribution in [0.2, 0.25) is 0 Å². The standard InChI is InChI=1S/C15H27NO3/c1-12(17)11-13-5-2-3-9-16(13)15(18)8-7-14-6-4-10-19-14/h12-14,17H,2-11H2,1H3. The van der Waals surface area contributed by atoms with Crippen LogP contribution in [0, 0.1) is 0 Å². The van der Waals surface area contributed by atoms with Crippen molar-refractivity contribution in [1.29, 1.82) is 0 Å². The van der Waals surface area contributed by atoms with E-state index < -0.39 is 0 Å². The number of carbonyl (C=O) groups excluding carboxylic acids is 1. The summed E-state index contributed by atoms with van der Waals surface area (Å²) in [5, 5.41) is 9.55. The number of hydrogen-bond acceptors (Lipinski definition) is 3. The minimum atomic E-state index is -0.323. The third-order valence-electron chi connectivity index (χ3n) is 4.26. The third kappa shape index (κ3) is 4.46. The highest BCUT2D eigenvalue weighted by molar-refractivity contribution is 5.76. The molecule has 0 aromatic carbocycles. The number of carbonyl (C=O) groups is 1. The number of rotatable bonds is 5. The second-order valence-electron chi connectivity index (χ2n) is 6.00. The molecule has 0 aliphatic carbocycles. The van der Waals surface area contributed by atoms with E-state index >= 15 is 0 Å². The average Bonchev–Trinajstić information content (AvgIpc) is 2.89. The van der Waals surface area contributed by atoms with E-state index in [1.165, 1.54) is 6.42 Å². The zero-order valence-corrected chi connectivity index (χ0v) is 12.0. The summed E-state index contributed by atoms with van der Waals surface area (Å²) in [6.07, 6.45) is 7.69. The largest absolute Gasteiger partial charge is 0.393 e. The molecule has 110 valence electrons. The molecule has 2 rings (SSSR count). The fourth-order valence-electron chi connectivity index (χ4n) is 3.27. The molecule has 2 aliphatic heterocycles. The molecule has 0 aromatic rings. The van der Waals surface area contributed by atoms with Crippen molar-refractivity contribution in [1.82, 2.24) is 4.90 Å². The average molecular weight is 269 g/mol. The first kappa shape index (κ1) is 14.8. The lowest BCUT2D eigenvalue weighted by molar-refractivity contribution is -0.136. The lowest BCUT2D eigenvalue weighted by Crippen LogP contribution is -2.45. The monoisotopic (exact) mass is 269 g/mol. The first-order valence-corrected chi connectivity index (χ1v) is 7.76. The van der Waals surface area contributed by atoms with Crippen LogP contribution in [0.15, 0.2) is 0 Å². The van der Waals surface area contributed by atoms with Crippen LogP contribution in [-0.4, -0.2) is 47.3 Å². The molecule has 0 saturated carbocycles. The minimum Gasteiger partial charge on any atom is -0.393 e. The van der Waals surface area contributed by atoms with E-state index in [4.69, 9.17) is 4.74 Å². The highest BCUT2D eigenvalue weighted by atomic mass is 16.5. The van der Waals surface area contributed by atoms with E-state index in [2.05, 4.69) is 0 Å². The Balaban J connectivity index is 1.80. The molecule has 0 bridgehead atoms. The third-order valence-corrected chi connectivity index (χ3v) is 4.26. The van der Waals surface area contributed by atoms with Crippen molar-refractivity contribution in [2.45, 2.75) is 76.5 Å². The first-order valence-electron chi connectivity index (χ1n) is 7.76. The number of hydrogen-bond donors (Lipinski definition) is 1. The predicted molar refractivity (Wildman–Crippen MR) is 73.9 cm³/mol. The SMILES string of the molecule is CC(O)CC1CCCCN1C(=O)CCC1CCCO1. The van der Waals surface area contributed by atoms with Crippen molar-refractivity contribution in [2.24, 2.45) is 0 Å². The highest BCUT2D eigenvalue weighted by Gasteiger charge is 2.28. The van der Waals surface area contributed by atoms with Gasteiger partial charge in [0.2, 0.25) is 5.91 Å². The van der Waals surface area contributed by atoms with E-state index in [-0.39, 0.29) is 18.1 Å². The molecular weight excluding hydrogens is 242 g/mol. The molecule has 2 saturated heterocycles.